The standard InChI is InChI=1S/C18H20N4O2S/c19-18(25-13-15-4-2-1-3-5-15)22-21-12-14-6-8-16(9-7-14)17(24)20-10-11-23/h1-9,12,23H,10-11,13H2,(H2,19,22)(H,20,24). The lowest BCUT2D eigenvalue weighted by Gasteiger charge is -2.03. The Morgan fingerprint density at radius 1 is 1.16 bits per heavy atom. The largest absolute Gasteiger partial charge is 0.395 e. The first-order valence-corrected chi connectivity index (χ1v) is 8.70. The van der Waals surface area contributed by atoms with E-state index < -0.39 is 0 Å². The molecule has 0 radical (unpaired) electrons. The summed E-state index contributed by atoms with van der Waals surface area (Å²) >= 11 is 1.42. The molecule has 7 heteroatoms. The highest BCUT2D eigenvalue weighted by atomic mass is 32.2. The number of nitrogens with one attached hydrogen (secondary N) is 1. The number of carbonyl (C=O) groups is 1. The van der Waals surface area contributed by atoms with E-state index in [-0.39, 0.29) is 19.1 Å². The Labute approximate surface area is 150 Å². The maximum atomic E-state index is 11.7. The van der Waals surface area contributed by atoms with E-state index in [4.69, 9.17) is 10.8 Å². The van der Waals surface area contributed by atoms with Crippen LogP contribution in [0.4, 0.5) is 0 Å². The number of hydrogen-bond donors (Lipinski definition) is 3. The summed E-state index contributed by atoms with van der Waals surface area (Å²) in [6.07, 6.45) is 1.57. The lowest BCUT2D eigenvalue weighted by molar-refractivity contribution is 0.0945. The number of amides is 1. The average Bonchev–Trinajstić information content (AvgIpc) is 2.66. The van der Waals surface area contributed by atoms with Gasteiger partial charge in [-0.3, -0.25) is 4.79 Å². The highest BCUT2D eigenvalue weighted by molar-refractivity contribution is 8.13. The first-order valence-electron chi connectivity index (χ1n) is 7.71. The zero-order valence-corrected chi connectivity index (χ0v) is 14.4. The number of rotatable bonds is 7. The van der Waals surface area contributed by atoms with E-state index in [1.54, 1.807) is 30.5 Å². The number of nitrogens with two attached hydrogens (primary N) is 1. The van der Waals surface area contributed by atoms with E-state index in [2.05, 4.69) is 15.5 Å². The molecule has 25 heavy (non-hydrogen) atoms. The van der Waals surface area contributed by atoms with Gasteiger partial charge in [0.05, 0.1) is 12.8 Å². The van der Waals surface area contributed by atoms with Crippen LogP contribution in [0.1, 0.15) is 21.5 Å². The Hall–Kier alpha value is -2.64. The molecule has 0 aliphatic rings. The Balaban J connectivity index is 1.85. The molecule has 0 aliphatic heterocycles. The lowest BCUT2D eigenvalue weighted by Crippen LogP contribution is -2.26. The van der Waals surface area contributed by atoms with Crippen LogP contribution in [0.5, 0.6) is 0 Å². The van der Waals surface area contributed by atoms with Gasteiger partial charge < -0.3 is 16.2 Å². The van der Waals surface area contributed by atoms with Crippen LogP contribution in [0.3, 0.4) is 0 Å². The second-order valence-electron chi connectivity index (χ2n) is 5.06. The van der Waals surface area contributed by atoms with Crippen LogP contribution in [-0.2, 0) is 5.75 Å². The normalized spacial score (nSPS) is 11.6. The van der Waals surface area contributed by atoms with E-state index in [0.717, 1.165) is 11.3 Å². The minimum absolute atomic E-state index is 0.0851. The van der Waals surface area contributed by atoms with E-state index in [1.165, 1.54) is 17.3 Å². The summed E-state index contributed by atoms with van der Waals surface area (Å²) in [7, 11) is 0. The highest BCUT2D eigenvalue weighted by Crippen LogP contribution is 2.11. The summed E-state index contributed by atoms with van der Waals surface area (Å²) in [4.78, 5) is 11.7. The number of aliphatic hydroxyl groups is 1. The zero-order valence-electron chi connectivity index (χ0n) is 13.6. The number of aliphatic hydroxyl groups excluding tert-OH is 1. The molecule has 0 heterocycles. The highest BCUT2D eigenvalue weighted by Gasteiger charge is 2.03. The van der Waals surface area contributed by atoms with E-state index in [1.807, 2.05) is 30.3 Å². The molecular formula is C18H20N4O2S. The summed E-state index contributed by atoms with van der Waals surface area (Å²) in [5, 5.41) is 19.6. The number of thioether (sulfide) groups is 1. The predicted molar refractivity (Wildman–Crippen MR) is 103 cm³/mol. The van der Waals surface area contributed by atoms with Crippen molar-refractivity contribution in [2.45, 2.75) is 5.75 Å². The van der Waals surface area contributed by atoms with Gasteiger partial charge in [0.1, 0.15) is 0 Å². The third kappa shape index (κ3) is 6.78. The third-order valence-electron chi connectivity index (χ3n) is 3.16. The Morgan fingerprint density at radius 2 is 1.88 bits per heavy atom. The van der Waals surface area contributed by atoms with Gasteiger partial charge in [-0.25, -0.2) is 0 Å². The molecule has 0 fully saturated rings. The van der Waals surface area contributed by atoms with Crippen molar-refractivity contribution in [3.8, 4) is 0 Å². The third-order valence-corrected chi connectivity index (χ3v) is 4.02. The van der Waals surface area contributed by atoms with Crippen molar-refractivity contribution in [3.05, 3.63) is 71.3 Å². The fourth-order valence-corrected chi connectivity index (χ4v) is 2.52. The van der Waals surface area contributed by atoms with E-state index in [9.17, 15) is 4.79 Å². The Bertz CT molecular complexity index is 731. The summed E-state index contributed by atoms with van der Waals surface area (Å²) < 4.78 is 0. The van der Waals surface area contributed by atoms with Crippen LogP contribution in [0.15, 0.2) is 64.8 Å². The second kappa shape index (κ2) is 10.3. The summed E-state index contributed by atoms with van der Waals surface area (Å²) in [5.74, 6) is 0.515. The molecule has 130 valence electrons. The van der Waals surface area contributed by atoms with Gasteiger partial charge in [-0.2, -0.15) is 5.10 Å². The van der Waals surface area contributed by atoms with Crippen LogP contribution < -0.4 is 11.1 Å². The molecule has 2 rings (SSSR count). The van der Waals surface area contributed by atoms with Gasteiger partial charge in [-0.15, -0.1) is 5.10 Å². The molecule has 2 aromatic rings. The molecule has 6 nitrogen and oxygen atoms in total. The van der Waals surface area contributed by atoms with Gasteiger partial charge in [0, 0.05) is 17.9 Å². The van der Waals surface area contributed by atoms with Crippen LogP contribution in [0, 0.1) is 0 Å². The summed E-state index contributed by atoms with van der Waals surface area (Å²) in [6.45, 7) is 0.148. The fourth-order valence-electron chi connectivity index (χ4n) is 1.90. The minimum Gasteiger partial charge on any atom is -0.395 e. The van der Waals surface area contributed by atoms with Crippen molar-refractivity contribution in [1.29, 1.82) is 0 Å². The van der Waals surface area contributed by atoms with Gasteiger partial charge in [-0.05, 0) is 23.3 Å². The van der Waals surface area contributed by atoms with Crippen molar-refractivity contribution in [2.75, 3.05) is 13.2 Å². The topological polar surface area (TPSA) is 100 Å². The first-order chi connectivity index (χ1) is 12.2. The van der Waals surface area contributed by atoms with Gasteiger partial charge in [0.25, 0.3) is 5.91 Å². The smallest absolute Gasteiger partial charge is 0.251 e. The molecule has 0 bridgehead atoms. The van der Waals surface area contributed by atoms with Crippen molar-refractivity contribution in [2.24, 2.45) is 15.9 Å². The van der Waals surface area contributed by atoms with Crippen molar-refractivity contribution < 1.29 is 9.90 Å². The molecule has 0 aromatic heterocycles. The summed E-state index contributed by atoms with van der Waals surface area (Å²) in [5.41, 5.74) is 8.32. The van der Waals surface area contributed by atoms with Crippen molar-refractivity contribution in [3.63, 3.8) is 0 Å². The lowest BCUT2D eigenvalue weighted by atomic mass is 10.1. The SMILES string of the molecule is NC(=NN=Cc1ccc(C(=O)NCCO)cc1)SCc1ccccc1. The maximum Gasteiger partial charge on any atom is 0.251 e. The molecule has 4 N–H and O–H groups in total. The van der Waals surface area contributed by atoms with Crippen LogP contribution in [0.2, 0.25) is 0 Å². The molecule has 0 unspecified atom stereocenters. The second-order valence-corrected chi connectivity index (χ2v) is 6.05. The van der Waals surface area contributed by atoms with Crippen LogP contribution in [0.25, 0.3) is 0 Å². The van der Waals surface area contributed by atoms with E-state index in [0.29, 0.717) is 10.7 Å². The quantitative estimate of drug-likeness (QED) is 0.401. The fraction of sp³-hybridized carbons (Fsp3) is 0.167. The van der Waals surface area contributed by atoms with Gasteiger partial charge >= 0.3 is 0 Å². The molecule has 0 saturated heterocycles. The number of carbonyl (C=O) groups excluding carboxylic acids is 1. The minimum atomic E-state index is -0.225. The summed E-state index contributed by atoms with van der Waals surface area (Å²) in [6, 6.07) is 16.9. The molecule has 0 spiro atoms. The molecule has 0 aliphatic carbocycles. The van der Waals surface area contributed by atoms with Crippen LogP contribution in [-0.4, -0.2) is 35.5 Å². The van der Waals surface area contributed by atoms with Crippen LogP contribution >= 0.6 is 11.8 Å². The molecule has 0 atom stereocenters. The zero-order chi connectivity index (χ0) is 17.9. The Morgan fingerprint density at radius 3 is 2.56 bits per heavy atom. The molecule has 0 saturated carbocycles. The Kier molecular flexibility index (Phi) is 7.68. The monoisotopic (exact) mass is 356 g/mol. The maximum absolute atomic E-state index is 11.7. The average molecular weight is 356 g/mol. The molecular weight excluding hydrogens is 336 g/mol. The van der Waals surface area contributed by atoms with Gasteiger partial charge in [-0.1, -0.05) is 54.2 Å². The van der Waals surface area contributed by atoms with Gasteiger partial charge in [0.15, 0.2) is 5.17 Å². The number of hydrogen-bond acceptors (Lipinski definition) is 5. The molecule has 2 aromatic carbocycles. The number of benzene rings is 2. The van der Waals surface area contributed by atoms with E-state index >= 15 is 0 Å². The number of amidine groups is 1. The first kappa shape index (κ1) is 18.7. The van der Waals surface area contributed by atoms with Crippen molar-refractivity contribution in [1.82, 2.24) is 5.32 Å². The number of nitrogens with zero attached hydrogens (tertiary/aromatic N) is 2. The van der Waals surface area contributed by atoms with Crippen molar-refractivity contribution >= 4 is 29.1 Å². The predicted octanol–water partition coefficient (Wildman–Crippen LogP) is 1.99. The van der Waals surface area contributed by atoms with Gasteiger partial charge in [0.2, 0.25) is 0 Å². The molecule has 1 amide bonds.